The maximum atomic E-state index is 12.7. The van der Waals surface area contributed by atoms with Gasteiger partial charge in [-0.3, -0.25) is 19.2 Å². The Labute approximate surface area is 182 Å². The van der Waals surface area contributed by atoms with Crippen molar-refractivity contribution in [2.45, 2.75) is 12.8 Å². The van der Waals surface area contributed by atoms with E-state index in [1.54, 1.807) is 31.3 Å². The van der Waals surface area contributed by atoms with Crippen molar-refractivity contribution in [1.82, 2.24) is 19.7 Å². The van der Waals surface area contributed by atoms with Crippen LogP contribution in [0.3, 0.4) is 0 Å². The van der Waals surface area contributed by atoms with Crippen LogP contribution in [0.1, 0.15) is 33.8 Å². The molecule has 11 nitrogen and oxygen atoms in total. The lowest BCUT2D eigenvalue weighted by atomic mass is 10.1. The lowest BCUT2D eigenvalue weighted by Crippen LogP contribution is -2.32. The fourth-order valence-electron chi connectivity index (χ4n) is 3.22. The molecule has 32 heavy (non-hydrogen) atoms. The summed E-state index contributed by atoms with van der Waals surface area (Å²) < 4.78 is 1.37. The number of aromatic nitrogens is 4. The Morgan fingerprint density at radius 3 is 2.75 bits per heavy atom. The van der Waals surface area contributed by atoms with Crippen LogP contribution in [0.4, 0.5) is 16.3 Å². The van der Waals surface area contributed by atoms with E-state index in [1.165, 1.54) is 28.0 Å². The molecule has 0 radical (unpaired) electrons. The van der Waals surface area contributed by atoms with Crippen LogP contribution in [0.2, 0.25) is 0 Å². The van der Waals surface area contributed by atoms with Crippen molar-refractivity contribution in [2.75, 3.05) is 16.8 Å². The largest absolute Gasteiger partial charge is 0.465 e. The Bertz CT molecular complexity index is 1200. The topological polar surface area (TPSA) is 156 Å². The molecule has 11 heteroatoms. The molecule has 0 spiro atoms. The molecule has 1 aliphatic rings. The first-order valence-corrected chi connectivity index (χ1v) is 9.90. The van der Waals surface area contributed by atoms with Gasteiger partial charge in [0.25, 0.3) is 11.8 Å². The number of pyridine rings is 2. The molecule has 1 fully saturated rings. The molecule has 3 aromatic heterocycles. The molecular weight excluding hydrogens is 414 g/mol. The molecule has 4 rings (SSSR count). The van der Waals surface area contributed by atoms with Gasteiger partial charge in [-0.25, -0.2) is 14.8 Å². The van der Waals surface area contributed by atoms with Crippen LogP contribution >= 0.6 is 0 Å². The van der Waals surface area contributed by atoms with E-state index in [9.17, 15) is 19.5 Å². The van der Waals surface area contributed by atoms with Crippen LogP contribution in [0.15, 0.2) is 42.7 Å². The van der Waals surface area contributed by atoms with Gasteiger partial charge in [-0.05, 0) is 43.0 Å². The molecule has 0 aliphatic heterocycles. The van der Waals surface area contributed by atoms with Gasteiger partial charge in [0, 0.05) is 31.5 Å². The van der Waals surface area contributed by atoms with E-state index >= 15 is 0 Å². The molecule has 4 N–H and O–H groups in total. The molecule has 0 saturated heterocycles. The van der Waals surface area contributed by atoms with Gasteiger partial charge in [0.15, 0.2) is 5.69 Å². The summed E-state index contributed by atoms with van der Waals surface area (Å²) in [5, 5.41) is 16.1. The molecular formula is C21H21N7O4. The minimum Gasteiger partial charge on any atom is -0.465 e. The predicted octanol–water partition coefficient (Wildman–Crippen LogP) is 2.12. The standard InChI is InChI=1S/C21H21N7O4/c1-27-11-16(18(26-27)19(22)29)25-20(30)15-4-2-3-14(24-15)13-7-8-23-17(9-13)28(21(31)32)10-12-5-6-12/h2-4,7-9,11-12H,5-6,10H2,1H3,(H2,22,29)(H,25,30)(H,31,32). The number of primary amides is 1. The highest BCUT2D eigenvalue weighted by atomic mass is 16.4. The average Bonchev–Trinajstić information content (AvgIpc) is 3.52. The first-order valence-electron chi connectivity index (χ1n) is 9.90. The highest BCUT2D eigenvalue weighted by Gasteiger charge is 2.28. The summed E-state index contributed by atoms with van der Waals surface area (Å²) in [5.74, 6) is -0.641. The number of carbonyl (C=O) groups excluding carboxylic acids is 2. The molecule has 0 bridgehead atoms. The third kappa shape index (κ3) is 4.56. The van der Waals surface area contributed by atoms with Crippen molar-refractivity contribution in [1.29, 1.82) is 0 Å². The maximum Gasteiger partial charge on any atom is 0.413 e. The van der Waals surface area contributed by atoms with E-state index in [4.69, 9.17) is 5.73 Å². The second-order valence-corrected chi connectivity index (χ2v) is 7.53. The number of rotatable bonds is 7. The van der Waals surface area contributed by atoms with Crippen LogP contribution < -0.4 is 16.0 Å². The fraction of sp³-hybridized carbons (Fsp3) is 0.238. The van der Waals surface area contributed by atoms with Crippen molar-refractivity contribution in [3.8, 4) is 11.3 Å². The summed E-state index contributed by atoms with van der Waals surface area (Å²) in [6.07, 6.45) is 3.94. The molecule has 0 unspecified atom stereocenters. The second-order valence-electron chi connectivity index (χ2n) is 7.53. The zero-order chi connectivity index (χ0) is 22.8. The van der Waals surface area contributed by atoms with E-state index in [0.717, 1.165) is 12.8 Å². The molecule has 0 aromatic carbocycles. The number of carbonyl (C=O) groups is 3. The molecule has 164 valence electrons. The van der Waals surface area contributed by atoms with Crippen LogP contribution in [0.5, 0.6) is 0 Å². The van der Waals surface area contributed by atoms with E-state index < -0.39 is 17.9 Å². The van der Waals surface area contributed by atoms with Crippen molar-refractivity contribution in [3.05, 3.63) is 54.1 Å². The van der Waals surface area contributed by atoms with Crippen molar-refractivity contribution in [2.24, 2.45) is 18.7 Å². The maximum absolute atomic E-state index is 12.7. The van der Waals surface area contributed by atoms with E-state index in [0.29, 0.717) is 29.5 Å². The van der Waals surface area contributed by atoms with Gasteiger partial charge < -0.3 is 16.2 Å². The van der Waals surface area contributed by atoms with Gasteiger partial charge >= 0.3 is 6.09 Å². The second kappa shape index (κ2) is 8.46. The molecule has 3 aromatic rings. The fourth-order valence-corrected chi connectivity index (χ4v) is 3.22. The van der Waals surface area contributed by atoms with Gasteiger partial charge in [0.05, 0.1) is 11.4 Å². The third-order valence-electron chi connectivity index (χ3n) is 4.98. The summed E-state index contributed by atoms with van der Waals surface area (Å²) in [6, 6.07) is 8.22. The summed E-state index contributed by atoms with van der Waals surface area (Å²) in [4.78, 5) is 45.7. The smallest absolute Gasteiger partial charge is 0.413 e. The molecule has 3 amide bonds. The number of amides is 3. The minimum atomic E-state index is -1.07. The van der Waals surface area contributed by atoms with Gasteiger partial charge in [-0.15, -0.1) is 0 Å². The summed E-state index contributed by atoms with van der Waals surface area (Å²) in [7, 11) is 1.60. The molecule has 3 heterocycles. The minimum absolute atomic E-state index is 0.0554. The average molecular weight is 435 g/mol. The summed E-state index contributed by atoms with van der Waals surface area (Å²) in [6.45, 7) is 0.398. The molecule has 1 aliphatic carbocycles. The number of nitrogens with one attached hydrogen (secondary N) is 1. The Morgan fingerprint density at radius 1 is 1.28 bits per heavy atom. The Morgan fingerprint density at radius 2 is 2.06 bits per heavy atom. The first kappa shape index (κ1) is 21.0. The highest BCUT2D eigenvalue weighted by Crippen LogP contribution is 2.32. The number of nitrogens with zero attached hydrogens (tertiary/aromatic N) is 5. The van der Waals surface area contributed by atoms with E-state index in [1.807, 2.05) is 0 Å². The predicted molar refractivity (Wildman–Crippen MR) is 115 cm³/mol. The lowest BCUT2D eigenvalue weighted by molar-refractivity contribution is 0.0995. The van der Waals surface area contributed by atoms with Crippen molar-refractivity contribution < 1.29 is 19.5 Å². The van der Waals surface area contributed by atoms with Gasteiger partial charge in [-0.1, -0.05) is 6.07 Å². The Hall–Kier alpha value is -4.28. The SMILES string of the molecule is Cn1cc(NC(=O)c2cccc(-c3ccnc(N(CC4CC4)C(=O)O)c3)n2)c(C(N)=O)n1. The van der Waals surface area contributed by atoms with Gasteiger partial charge in [-0.2, -0.15) is 5.10 Å². The quantitative estimate of drug-likeness (QED) is 0.513. The zero-order valence-corrected chi connectivity index (χ0v) is 17.2. The Kier molecular flexibility index (Phi) is 5.54. The van der Waals surface area contributed by atoms with Crippen LogP contribution in [0, 0.1) is 5.92 Å². The van der Waals surface area contributed by atoms with Crippen LogP contribution in [-0.2, 0) is 7.05 Å². The summed E-state index contributed by atoms with van der Waals surface area (Å²) in [5.41, 5.74) is 6.62. The van der Waals surface area contributed by atoms with Crippen molar-refractivity contribution >= 4 is 29.4 Å². The van der Waals surface area contributed by atoms with E-state index in [2.05, 4.69) is 20.4 Å². The number of carboxylic acid groups (broad SMARTS) is 1. The van der Waals surface area contributed by atoms with Crippen LogP contribution in [0.25, 0.3) is 11.3 Å². The Balaban J connectivity index is 1.58. The van der Waals surface area contributed by atoms with Crippen molar-refractivity contribution in [3.63, 3.8) is 0 Å². The van der Waals surface area contributed by atoms with Crippen LogP contribution in [-0.4, -0.2) is 49.3 Å². The van der Waals surface area contributed by atoms with Gasteiger partial charge in [0.2, 0.25) is 0 Å². The van der Waals surface area contributed by atoms with Gasteiger partial charge in [0.1, 0.15) is 11.5 Å². The lowest BCUT2D eigenvalue weighted by Gasteiger charge is -2.18. The number of hydrogen-bond acceptors (Lipinski definition) is 6. The number of aryl methyl sites for hydroxylation is 1. The highest BCUT2D eigenvalue weighted by molar-refractivity contribution is 6.07. The number of hydrogen-bond donors (Lipinski definition) is 3. The van der Waals surface area contributed by atoms with E-state index in [-0.39, 0.29) is 17.1 Å². The normalized spacial score (nSPS) is 12.9. The summed E-state index contributed by atoms with van der Waals surface area (Å²) >= 11 is 0. The zero-order valence-electron chi connectivity index (χ0n) is 17.2. The third-order valence-corrected chi connectivity index (χ3v) is 4.98. The number of nitrogens with two attached hydrogens (primary N) is 1. The molecule has 0 atom stereocenters. The first-order chi connectivity index (χ1) is 15.3. The monoisotopic (exact) mass is 435 g/mol. The number of anilines is 2. The molecule has 1 saturated carbocycles.